The van der Waals surface area contributed by atoms with Gasteiger partial charge in [-0.2, -0.15) is 0 Å². The number of thiophene rings is 1. The van der Waals surface area contributed by atoms with Crippen molar-refractivity contribution >= 4 is 27.3 Å². The van der Waals surface area contributed by atoms with Gasteiger partial charge in [0, 0.05) is 4.88 Å². The molecule has 0 aliphatic carbocycles. The summed E-state index contributed by atoms with van der Waals surface area (Å²) < 4.78 is 13.9. The Morgan fingerprint density at radius 3 is 2.44 bits per heavy atom. The minimum Gasteiger partial charge on any atom is -0.320 e. The Morgan fingerprint density at radius 1 is 1.31 bits per heavy atom. The average molecular weight is 300 g/mol. The van der Waals surface area contributed by atoms with E-state index in [0.717, 1.165) is 14.9 Å². The van der Waals surface area contributed by atoms with Crippen molar-refractivity contribution in [2.75, 3.05) is 0 Å². The molecule has 1 atom stereocenters. The van der Waals surface area contributed by atoms with Crippen LogP contribution in [0, 0.1) is 12.7 Å². The molecule has 0 radical (unpaired) electrons. The molecule has 1 aromatic heterocycles. The second kappa shape index (κ2) is 4.65. The normalized spacial score (nSPS) is 12.8. The van der Waals surface area contributed by atoms with Crippen molar-refractivity contribution in [2.45, 2.75) is 13.0 Å². The lowest BCUT2D eigenvalue weighted by Crippen LogP contribution is -2.11. The molecule has 0 fully saturated rings. The van der Waals surface area contributed by atoms with Gasteiger partial charge in [0.1, 0.15) is 5.82 Å². The first kappa shape index (κ1) is 11.8. The maximum absolute atomic E-state index is 12.8. The molecule has 1 heterocycles. The molecule has 2 aromatic rings. The Balaban J connectivity index is 2.35. The van der Waals surface area contributed by atoms with E-state index in [0.29, 0.717) is 0 Å². The van der Waals surface area contributed by atoms with Gasteiger partial charge in [0.2, 0.25) is 0 Å². The molecule has 1 aromatic carbocycles. The van der Waals surface area contributed by atoms with Crippen LogP contribution in [0.3, 0.4) is 0 Å². The Morgan fingerprint density at radius 2 is 1.94 bits per heavy atom. The highest BCUT2D eigenvalue weighted by atomic mass is 79.9. The van der Waals surface area contributed by atoms with Crippen molar-refractivity contribution in [1.29, 1.82) is 0 Å². The molecule has 2 N–H and O–H groups in total. The largest absolute Gasteiger partial charge is 0.320 e. The van der Waals surface area contributed by atoms with E-state index in [4.69, 9.17) is 5.73 Å². The third-order valence-electron chi connectivity index (χ3n) is 2.49. The molecule has 0 amide bonds. The quantitative estimate of drug-likeness (QED) is 0.891. The molecule has 0 aliphatic rings. The van der Waals surface area contributed by atoms with Crippen molar-refractivity contribution in [3.63, 3.8) is 0 Å². The third kappa shape index (κ3) is 2.34. The lowest BCUT2D eigenvalue weighted by Gasteiger charge is -2.11. The van der Waals surface area contributed by atoms with E-state index in [1.807, 2.05) is 13.0 Å². The molecule has 0 bridgehead atoms. The fourth-order valence-electron chi connectivity index (χ4n) is 1.62. The summed E-state index contributed by atoms with van der Waals surface area (Å²) in [4.78, 5) is 1.18. The topological polar surface area (TPSA) is 26.0 Å². The van der Waals surface area contributed by atoms with Crippen molar-refractivity contribution in [3.05, 3.63) is 55.9 Å². The SMILES string of the molecule is Cc1sc(Br)cc1C(N)c1ccc(F)cc1. The van der Waals surface area contributed by atoms with E-state index in [9.17, 15) is 4.39 Å². The maximum Gasteiger partial charge on any atom is 0.123 e. The number of hydrogen-bond acceptors (Lipinski definition) is 2. The van der Waals surface area contributed by atoms with Crippen molar-refractivity contribution < 1.29 is 4.39 Å². The molecular weight excluding hydrogens is 289 g/mol. The van der Waals surface area contributed by atoms with E-state index in [-0.39, 0.29) is 11.9 Å². The molecule has 0 aliphatic heterocycles. The van der Waals surface area contributed by atoms with Crippen LogP contribution < -0.4 is 5.73 Å². The van der Waals surface area contributed by atoms with Crippen LogP contribution in [0.5, 0.6) is 0 Å². The molecule has 1 nitrogen and oxygen atoms in total. The van der Waals surface area contributed by atoms with Crippen molar-refractivity contribution in [3.8, 4) is 0 Å². The van der Waals surface area contributed by atoms with Gasteiger partial charge in [-0.1, -0.05) is 12.1 Å². The number of nitrogens with two attached hydrogens (primary N) is 1. The summed E-state index contributed by atoms with van der Waals surface area (Å²) in [7, 11) is 0. The van der Waals surface area contributed by atoms with Gasteiger partial charge in [0.05, 0.1) is 9.83 Å². The highest BCUT2D eigenvalue weighted by molar-refractivity contribution is 9.11. The first-order chi connectivity index (χ1) is 7.58. The van der Waals surface area contributed by atoms with E-state index in [2.05, 4.69) is 15.9 Å². The molecule has 4 heteroatoms. The second-order valence-electron chi connectivity index (χ2n) is 3.59. The summed E-state index contributed by atoms with van der Waals surface area (Å²) in [6.07, 6.45) is 0. The molecule has 1 unspecified atom stereocenters. The Labute approximate surface area is 106 Å². The lowest BCUT2D eigenvalue weighted by atomic mass is 10.0. The van der Waals surface area contributed by atoms with Crippen molar-refractivity contribution in [1.82, 2.24) is 0 Å². The van der Waals surface area contributed by atoms with Crippen LogP contribution in [0.1, 0.15) is 22.0 Å². The van der Waals surface area contributed by atoms with Crippen LogP contribution >= 0.6 is 27.3 Å². The van der Waals surface area contributed by atoms with Crippen molar-refractivity contribution in [2.24, 2.45) is 5.73 Å². The second-order valence-corrected chi connectivity index (χ2v) is 6.23. The first-order valence-electron chi connectivity index (χ1n) is 4.85. The first-order valence-corrected chi connectivity index (χ1v) is 6.46. The highest BCUT2D eigenvalue weighted by Crippen LogP contribution is 2.32. The van der Waals surface area contributed by atoms with Crippen LogP contribution in [0.15, 0.2) is 34.1 Å². The average Bonchev–Trinajstić information content (AvgIpc) is 2.58. The van der Waals surface area contributed by atoms with Crippen LogP contribution in [0.2, 0.25) is 0 Å². The molecule has 0 spiro atoms. The van der Waals surface area contributed by atoms with E-state index < -0.39 is 0 Å². The predicted octanol–water partition coefficient (Wildman–Crippen LogP) is 4.01. The van der Waals surface area contributed by atoms with Gasteiger partial charge >= 0.3 is 0 Å². The fraction of sp³-hybridized carbons (Fsp3) is 0.167. The van der Waals surface area contributed by atoms with Crippen LogP contribution in [0.25, 0.3) is 0 Å². The summed E-state index contributed by atoms with van der Waals surface area (Å²) in [6, 6.07) is 8.16. The van der Waals surface area contributed by atoms with Gasteiger partial charge in [-0.25, -0.2) is 4.39 Å². The number of aryl methyl sites for hydroxylation is 1. The summed E-state index contributed by atoms with van der Waals surface area (Å²) in [6.45, 7) is 2.04. The van der Waals surface area contributed by atoms with Gasteiger partial charge < -0.3 is 5.73 Å². The molecule has 0 saturated heterocycles. The van der Waals surface area contributed by atoms with E-state index in [1.165, 1.54) is 17.0 Å². The third-order valence-corrected chi connectivity index (χ3v) is 4.06. The maximum atomic E-state index is 12.8. The van der Waals surface area contributed by atoms with Gasteiger partial charge in [-0.15, -0.1) is 11.3 Å². The van der Waals surface area contributed by atoms with E-state index >= 15 is 0 Å². The Bertz CT molecular complexity index is 492. The molecular formula is C12H11BrFNS. The van der Waals surface area contributed by atoms with Crippen LogP contribution in [0.4, 0.5) is 4.39 Å². The van der Waals surface area contributed by atoms with Crippen LogP contribution in [-0.2, 0) is 0 Å². The minimum atomic E-state index is -0.237. The molecule has 0 saturated carbocycles. The smallest absolute Gasteiger partial charge is 0.123 e. The van der Waals surface area contributed by atoms with Crippen LogP contribution in [-0.4, -0.2) is 0 Å². The summed E-state index contributed by atoms with van der Waals surface area (Å²) in [5, 5.41) is 0. The number of halogens is 2. The molecule has 16 heavy (non-hydrogen) atoms. The summed E-state index contributed by atoms with van der Waals surface area (Å²) in [5.41, 5.74) is 8.16. The monoisotopic (exact) mass is 299 g/mol. The Kier molecular flexibility index (Phi) is 3.42. The van der Waals surface area contributed by atoms with Gasteiger partial charge in [0.15, 0.2) is 0 Å². The number of hydrogen-bond donors (Lipinski definition) is 1. The number of rotatable bonds is 2. The lowest BCUT2D eigenvalue weighted by molar-refractivity contribution is 0.626. The fourth-order valence-corrected chi connectivity index (χ4v) is 3.37. The van der Waals surface area contributed by atoms with Gasteiger partial charge in [-0.3, -0.25) is 0 Å². The zero-order chi connectivity index (χ0) is 11.7. The molecule has 2 rings (SSSR count). The van der Waals surface area contributed by atoms with Gasteiger partial charge in [0.25, 0.3) is 0 Å². The van der Waals surface area contributed by atoms with E-state index in [1.54, 1.807) is 23.5 Å². The Hall–Kier alpha value is -0.710. The zero-order valence-electron chi connectivity index (χ0n) is 8.71. The summed E-state index contributed by atoms with van der Waals surface area (Å²) >= 11 is 5.10. The minimum absolute atomic E-state index is 0.192. The zero-order valence-corrected chi connectivity index (χ0v) is 11.1. The summed E-state index contributed by atoms with van der Waals surface area (Å²) in [5.74, 6) is -0.237. The highest BCUT2D eigenvalue weighted by Gasteiger charge is 2.14. The van der Waals surface area contributed by atoms with Gasteiger partial charge in [-0.05, 0) is 52.2 Å². The predicted molar refractivity (Wildman–Crippen MR) is 69.2 cm³/mol. The standard InChI is InChI=1S/C12H11BrFNS/c1-7-10(6-11(13)16-7)12(15)8-2-4-9(14)5-3-8/h2-6,12H,15H2,1H3. The molecule has 84 valence electrons. The number of benzene rings is 1.